The van der Waals surface area contributed by atoms with Crippen molar-refractivity contribution in [2.24, 2.45) is 16.7 Å². The van der Waals surface area contributed by atoms with E-state index in [0.717, 1.165) is 5.56 Å². The molecule has 0 radical (unpaired) electrons. The summed E-state index contributed by atoms with van der Waals surface area (Å²) in [6.45, 7) is 2.75. The molecule has 0 amide bonds. The van der Waals surface area contributed by atoms with Crippen LogP contribution in [0.1, 0.15) is 38.7 Å². The Hall–Kier alpha value is -2.56. The topological polar surface area (TPSA) is 140 Å². The summed E-state index contributed by atoms with van der Waals surface area (Å²) in [5, 5.41) is 34.8. The molecule has 34 heavy (non-hydrogen) atoms. The molecule has 5 rings (SSSR count). The Bertz CT molecular complexity index is 1060. The molecule has 4 fully saturated rings. The smallest absolute Gasteiger partial charge is 0.342 e. The summed E-state index contributed by atoms with van der Waals surface area (Å²) in [5.74, 6) is -3.66. The van der Waals surface area contributed by atoms with E-state index < -0.39 is 76.6 Å². The number of hydrogen-bond donors (Lipinski definition) is 3. The van der Waals surface area contributed by atoms with Crippen molar-refractivity contribution in [3.05, 3.63) is 35.6 Å². The molecule has 2 aliphatic heterocycles. The summed E-state index contributed by atoms with van der Waals surface area (Å²) in [4.78, 5) is 38.1. The fourth-order valence-corrected chi connectivity index (χ4v) is 6.98. The average Bonchev–Trinajstić information content (AvgIpc) is 3.17. The zero-order valence-corrected chi connectivity index (χ0v) is 18.8. The van der Waals surface area contributed by atoms with Crippen molar-refractivity contribution in [3.63, 3.8) is 0 Å². The largest absolute Gasteiger partial charge is 0.463 e. The maximum absolute atomic E-state index is 13.1. The van der Waals surface area contributed by atoms with Crippen LogP contribution in [0.4, 0.5) is 4.39 Å². The molecular formula is C24H27FO9. The average molecular weight is 478 g/mol. The molecule has 3 N–H and O–H groups in total. The van der Waals surface area contributed by atoms with Crippen LogP contribution in [0.15, 0.2) is 24.3 Å². The van der Waals surface area contributed by atoms with Crippen molar-refractivity contribution >= 4 is 17.9 Å². The minimum atomic E-state index is -2.37. The first-order valence-electron chi connectivity index (χ1n) is 11.4. The van der Waals surface area contributed by atoms with Crippen molar-refractivity contribution in [3.8, 4) is 0 Å². The number of rotatable bonds is 4. The summed E-state index contributed by atoms with van der Waals surface area (Å²) in [7, 11) is 0. The van der Waals surface area contributed by atoms with Gasteiger partial charge in [-0.3, -0.25) is 4.79 Å². The first kappa shape index (κ1) is 23.2. The van der Waals surface area contributed by atoms with Crippen LogP contribution >= 0.6 is 0 Å². The predicted octanol–water partition coefficient (Wildman–Crippen LogP) is 0.412. The van der Waals surface area contributed by atoms with Crippen LogP contribution in [-0.4, -0.2) is 69.3 Å². The molecule has 2 bridgehead atoms. The fourth-order valence-electron chi connectivity index (χ4n) is 6.98. The lowest BCUT2D eigenvalue weighted by Gasteiger charge is -2.64. The van der Waals surface area contributed by atoms with Crippen LogP contribution in [0.2, 0.25) is 0 Å². The number of hydrogen-bond acceptors (Lipinski definition) is 9. The van der Waals surface area contributed by atoms with Gasteiger partial charge in [-0.25, -0.2) is 14.0 Å². The van der Waals surface area contributed by atoms with Crippen LogP contribution in [0, 0.1) is 22.6 Å². The number of carbonyl (C=O) groups is 3. The third-order valence-corrected chi connectivity index (χ3v) is 8.87. The molecule has 2 saturated heterocycles. The number of halogens is 1. The third-order valence-electron chi connectivity index (χ3n) is 8.87. The molecule has 8 atom stereocenters. The number of fused-ring (bicyclic) bond motifs is 4. The Kier molecular flexibility index (Phi) is 4.93. The van der Waals surface area contributed by atoms with Gasteiger partial charge in [0.1, 0.15) is 30.2 Å². The van der Waals surface area contributed by atoms with Crippen molar-refractivity contribution in [1.82, 2.24) is 0 Å². The molecule has 2 aliphatic carbocycles. The van der Waals surface area contributed by atoms with Gasteiger partial charge in [-0.15, -0.1) is 0 Å². The zero-order chi connectivity index (χ0) is 24.7. The molecule has 0 aromatic heterocycles. The highest BCUT2D eigenvalue weighted by Gasteiger charge is 2.88. The van der Waals surface area contributed by atoms with Gasteiger partial charge < -0.3 is 29.5 Å². The van der Waals surface area contributed by atoms with Crippen LogP contribution in [-0.2, 0) is 35.0 Å². The number of carbonyl (C=O) groups excluding carboxylic acids is 3. The Labute approximate surface area is 194 Å². The number of aliphatic hydroxyl groups is 3. The Morgan fingerprint density at radius 1 is 1.24 bits per heavy atom. The monoisotopic (exact) mass is 478 g/mol. The SMILES string of the molecule is C[C@@H]1C[C@@H](OC(=O)CCc2ccc(F)cc2)[C@@]2(O)[C@@]13C[C@@H](OC(=O)[C@@H]3O)[C@@]1(O)C(=O)OC[C@@]21C. The van der Waals surface area contributed by atoms with Gasteiger partial charge in [-0.05, 0) is 49.8 Å². The second-order valence-corrected chi connectivity index (χ2v) is 10.3. The summed E-state index contributed by atoms with van der Waals surface area (Å²) < 4.78 is 29.3. The van der Waals surface area contributed by atoms with Gasteiger partial charge in [0.2, 0.25) is 5.60 Å². The molecule has 0 unspecified atom stereocenters. The normalized spacial score (nSPS) is 44.6. The quantitative estimate of drug-likeness (QED) is 0.415. The van der Waals surface area contributed by atoms with Crippen molar-refractivity contribution in [2.45, 2.75) is 69.0 Å². The number of aryl methyl sites for hydroxylation is 1. The maximum atomic E-state index is 13.1. The standard InChI is InChI=1S/C24H27FO9/c1-12-9-15(33-17(26)8-5-13-3-6-14(25)7-4-13)24(31)21(2)11-32-20(29)23(21,30)16-10-22(12,24)18(27)19(28)34-16/h3-4,6-7,12,15-16,18,27,30-31H,5,8-11H2,1-2H3/t12-,15-,16-,18+,21-,22+,23-,24+/m1/s1. The Balaban J connectivity index is 1.49. The molecule has 10 heteroatoms. The predicted molar refractivity (Wildman–Crippen MR) is 110 cm³/mol. The van der Waals surface area contributed by atoms with E-state index in [1.54, 1.807) is 19.1 Å². The van der Waals surface area contributed by atoms with Crippen LogP contribution in [0.25, 0.3) is 0 Å². The highest BCUT2D eigenvalue weighted by atomic mass is 19.1. The minimum Gasteiger partial charge on any atom is -0.463 e. The number of esters is 3. The number of benzene rings is 1. The number of aliphatic hydroxyl groups excluding tert-OH is 1. The molecule has 1 spiro atoms. The summed E-state index contributed by atoms with van der Waals surface area (Å²) >= 11 is 0. The molecular weight excluding hydrogens is 451 g/mol. The first-order chi connectivity index (χ1) is 15.9. The molecule has 1 aromatic carbocycles. The van der Waals surface area contributed by atoms with E-state index in [1.165, 1.54) is 19.1 Å². The van der Waals surface area contributed by atoms with Crippen molar-refractivity contribution in [1.29, 1.82) is 0 Å². The maximum Gasteiger partial charge on any atom is 0.342 e. The Morgan fingerprint density at radius 3 is 2.59 bits per heavy atom. The lowest BCUT2D eigenvalue weighted by molar-refractivity contribution is -0.334. The van der Waals surface area contributed by atoms with E-state index in [9.17, 15) is 34.1 Å². The van der Waals surface area contributed by atoms with E-state index in [-0.39, 0.29) is 25.7 Å². The zero-order valence-electron chi connectivity index (χ0n) is 18.8. The molecule has 9 nitrogen and oxygen atoms in total. The summed E-state index contributed by atoms with van der Waals surface area (Å²) in [6, 6.07) is 5.67. The number of cyclic esters (lactones) is 1. The van der Waals surface area contributed by atoms with Gasteiger partial charge in [0.15, 0.2) is 6.10 Å². The van der Waals surface area contributed by atoms with Crippen molar-refractivity contribution in [2.75, 3.05) is 6.61 Å². The van der Waals surface area contributed by atoms with Crippen molar-refractivity contribution < 1.29 is 48.3 Å². The molecule has 4 aliphatic rings. The number of ether oxygens (including phenoxy) is 3. The van der Waals surface area contributed by atoms with Gasteiger partial charge in [0.25, 0.3) is 0 Å². The van der Waals surface area contributed by atoms with Crippen LogP contribution in [0.5, 0.6) is 0 Å². The van der Waals surface area contributed by atoms with E-state index >= 15 is 0 Å². The molecule has 2 heterocycles. The van der Waals surface area contributed by atoms with Gasteiger partial charge in [-0.2, -0.15) is 0 Å². The minimum absolute atomic E-state index is 0.0662. The second-order valence-electron chi connectivity index (χ2n) is 10.3. The van der Waals surface area contributed by atoms with Gasteiger partial charge in [-0.1, -0.05) is 19.1 Å². The van der Waals surface area contributed by atoms with Gasteiger partial charge in [0.05, 0.1) is 5.41 Å². The van der Waals surface area contributed by atoms with Gasteiger partial charge in [0, 0.05) is 11.8 Å². The Morgan fingerprint density at radius 2 is 1.91 bits per heavy atom. The van der Waals surface area contributed by atoms with Crippen LogP contribution in [0.3, 0.4) is 0 Å². The molecule has 184 valence electrons. The van der Waals surface area contributed by atoms with Gasteiger partial charge >= 0.3 is 17.9 Å². The lowest BCUT2D eigenvalue weighted by Crippen LogP contribution is -2.82. The third kappa shape index (κ3) is 2.56. The van der Waals surface area contributed by atoms with Crippen LogP contribution < -0.4 is 0 Å². The fraction of sp³-hybridized carbons (Fsp3) is 0.625. The lowest BCUT2D eigenvalue weighted by atomic mass is 9.44. The molecule has 1 aromatic rings. The highest BCUT2D eigenvalue weighted by molar-refractivity contribution is 5.87. The van der Waals surface area contributed by atoms with E-state index in [1.807, 2.05) is 0 Å². The highest BCUT2D eigenvalue weighted by Crippen LogP contribution is 2.72. The second kappa shape index (κ2) is 7.22. The molecule has 2 saturated carbocycles. The van der Waals surface area contributed by atoms with E-state index in [0.29, 0.717) is 0 Å². The summed E-state index contributed by atoms with van der Waals surface area (Å²) in [6.07, 6.45) is -4.19. The first-order valence-corrected chi connectivity index (χ1v) is 11.4. The summed E-state index contributed by atoms with van der Waals surface area (Å²) in [5.41, 5.74) is -7.07. The van der Waals surface area contributed by atoms with E-state index in [4.69, 9.17) is 14.2 Å². The van der Waals surface area contributed by atoms with E-state index in [2.05, 4.69) is 0 Å².